The zero-order chi connectivity index (χ0) is 11.6. The number of aliphatic hydroxyl groups excluding tert-OH is 1. The molecule has 0 unspecified atom stereocenters. The molecule has 0 aromatic rings. The van der Waals surface area contributed by atoms with Crippen LogP contribution in [0.2, 0.25) is 0 Å². The smallest absolute Gasteiger partial charge is 0.152 e. The van der Waals surface area contributed by atoms with Crippen LogP contribution in [0.3, 0.4) is 0 Å². The molecule has 1 saturated carbocycles. The standard InChI is InChI=1S/C13H22O2/c1-9-7-11(15)8-13(3,4)12(9)6-5-10(2)14/h5-6,9,11-12,15H,7-8H2,1-4H3/b6-5+/t9-,11+,12+/m0/s1. The van der Waals surface area contributed by atoms with Crippen LogP contribution in [-0.4, -0.2) is 17.0 Å². The Labute approximate surface area is 92.4 Å². The Kier molecular flexibility index (Phi) is 3.72. The lowest BCUT2D eigenvalue weighted by molar-refractivity contribution is -0.112. The topological polar surface area (TPSA) is 37.3 Å². The van der Waals surface area contributed by atoms with E-state index in [0.29, 0.717) is 11.8 Å². The Balaban J connectivity index is 2.80. The maximum Gasteiger partial charge on any atom is 0.152 e. The first kappa shape index (κ1) is 12.4. The van der Waals surface area contributed by atoms with Gasteiger partial charge in [-0.3, -0.25) is 4.79 Å². The van der Waals surface area contributed by atoms with Gasteiger partial charge in [0.05, 0.1) is 6.10 Å². The van der Waals surface area contributed by atoms with Crippen molar-refractivity contribution >= 4 is 5.78 Å². The quantitative estimate of drug-likeness (QED) is 0.711. The highest BCUT2D eigenvalue weighted by molar-refractivity contribution is 5.87. The third-order valence-corrected chi connectivity index (χ3v) is 3.46. The fourth-order valence-corrected chi connectivity index (χ4v) is 2.86. The van der Waals surface area contributed by atoms with Gasteiger partial charge in [0.15, 0.2) is 5.78 Å². The minimum Gasteiger partial charge on any atom is -0.393 e. The van der Waals surface area contributed by atoms with Crippen LogP contribution in [-0.2, 0) is 4.79 Å². The zero-order valence-electron chi connectivity index (χ0n) is 10.2. The molecule has 0 saturated heterocycles. The van der Waals surface area contributed by atoms with Crippen LogP contribution in [0.15, 0.2) is 12.2 Å². The maximum atomic E-state index is 10.9. The van der Waals surface area contributed by atoms with Crippen LogP contribution in [0.4, 0.5) is 0 Å². The third kappa shape index (κ3) is 3.16. The van der Waals surface area contributed by atoms with Gasteiger partial charge in [-0.05, 0) is 43.1 Å². The second-order valence-corrected chi connectivity index (χ2v) is 5.56. The molecule has 1 fully saturated rings. The van der Waals surface area contributed by atoms with Gasteiger partial charge in [-0.15, -0.1) is 0 Å². The number of allylic oxidation sites excluding steroid dienone is 2. The normalized spacial score (nSPS) is 35.7. The van der Waals surface area contributed by atoms with Crippen molar-refractivity contribution in [2.75, 3.05) is 0 Å². The molecule has 1 aliphatic carbocycles. The minimum absolute atomic E-state index is 0.0863. The number of hydrogen-bond donors (Lipinski definition) is 1. The van der Waals surface area contributed by atoms with E-state index < -0.39 is 0 Å². The number of carbonyl (C=O) groups excluding carboxylic acids is 1. The van der Waals surface area contributed by atoms with Crippen molar-refractivity contribution in [1.29, 1.82) is 0 Å². The number of hydrogen-bond acceptors (Lipinski definition) is 2. The summed E-state index contributed by atoms with van der Waals surface area (Å²) in [5, 5.41) is 9.72. The van der Waals surface area contributed by atoms with Crippen molar-refractivity contribution < 1.29 is 9.90 Å². The van der Waals surface area contributed by atoms with Gasteiger partial charge in [0, 0.05) is 0 Å². The van der Waals surface area contributed by atoms with E-state index in [1.807, 2.05) is 6.08 Å². The van der Waals surface area contributed by atoms with Crippen LogP contribution in [0.25, 0.3) is 0 Å². The highest BCUT2D eigenvalue weighted by Crippen LogP contribution is 2.44. The van der Waals surface area contributed by atoms with Gasteiger partial charge in [-0.25, -0.2) is 0 Å². The van der Waals surface area contributed by atoms with E-state index in [0.717, 1.165) is 12.8 Å². The van der Waals surface area contributed by atoms with E-state index in [-0.39, 0.29) is 17.3 Å². The number of aliphatic hydroxyl groups is 1. The van der Waals surface area contributed by atoms with Crippen molar-refractivity contribution in [3.05, 3.63) is 12.2 Å². The Morgan fingerprint density at radius 2 is 2.07 bits per heavy atom. The molecule has 1 N–H and O–H groups in total. The maximum absolute atomic E-state index is 10.9. The van der Waals surface area contributed by atoms with Crippen molar-refractivity contribution in [3.8, 4) is 0 Å². The van der Waals surface area contributed by atoms with Gasteiger partial charge in [-0.1, -0.05) is 26.8 Å². The van der Waals surface area contributed by atoms with Gasteiger partial charge in [0.2, 0.25) is 0 Å². The average Bonchev–Trinajstić information content (AvgIpc) is 1.98. The number of ketones is 1. The summed E-state index contributed by atoms with van der Waals surface area (Å²) < 4.78 is 0. The molecule has 2 nitrogen and oxygen atoms in total. The van der Waals surface area contributed by atoms with Gasteiger partial charge in [0.1, 0.15) is 0 Å². The van der Waals surface area contributed by atoms with Crippen molar-refractivity contribution in [1.82, 2.24) is 0 Å². The summed E-state index contributed by atoms with van der Waals surface area (Å²) in [6.07, 6.45) is 5.18. The zero-order valence-corrected chi connectivity index (χ0v) is 10.2. The van der Waals surface area contributed by atoms with Crippen LogP contribution in [0.1, 0.15) is 40.5 Å². The molecule has 0 aromatic heterocycles. The molecule has 3 atom stereocenters. The molecular weight excluding hydrogens is 188 g/mol. The van der Waals surface area contributed by atoms with Crippen molar-refractivity contribution in [3.63, 3.8) is 0 Å². The summed E-state index contributed by atoms with van der Waals surface area (Å²) in [6, 6.07) is 0. The lowest BCUT2D eigenvalue weighted by Crippen LogP contribution is -2.38. The summed E-state index contributed by atoms with van der Waals surface area (Å²) in [7, 11) is 0. The summed E-state index contributed by atoms with van der Waals surface area (Å²) in [4.78, 5) is 10.9. The van der Waals surface area contributed by atoms with E-state index in [1.165, 1.54) is 0 Å². The Bertz CT molecular complexity index is 266. The highest BCUT2D eigenvalue weighted by Gasteiger charge is 2.38. The van der Waals surface area contributed by atoms with E-state index in [2.05, 4.69) is 20.8 Å². The van der Waals surface area contributed by atoms with Gasteiger partial charge in [-0.2, -0.15) is 0 Å². The summed E-state index contributed by atoms with van der Waals surface area (Å²) in [5.41, 5.74) is 0.0863. The molecule has 15 heavy (non-hydrogen) atoms. The SMILES string of the molecule is CC(=O)/C=C/[C@@H]1[C@@H](C)C[C@@H](O)CC1(C)C. The Morgan fingerprint density at radius 3 is 2.53 bits per heavy atom. The number of carbonyl (C=O) groups is 1. The molecule has 86 valence electrons. The molecule has 0 aromatic carbocycles. The van der Waals surface area contributed by atoms with E-state index in [1.54, 1.807) is 13.0 Å². The first-order chi connectivity index (χ1) is 6.83. The Hall–Kier alpha value is -0.630. The number of rotatable bonds is 2. The lowest BCUT2D eigenvalue weighted by atomic mass is 9.63. The summed E-state index contributed by atoms with van der Waals surface area (Å²) in [6.45, 7) is 8.06. The van der Waals surface area contributed by atoms with Crippen LogP contribution in [0.5, 0.6) is 0 Å². The molecule has 1 aliphatic rings. The second-order valence-electron chi connectivity index (χ2n) is 5.56. The Morgan fingerprint density at radius 1 is 1.47 bits per heavy atom. The average molecular weight is 210 g/mol. The van der Waals surface area contributed by atoms with Gasteiger partial charge in [0.25, 0.3) is 0 Å². The van der Waals surface area contributed by atoms with Crippen LogP contribution >= 0.6 is 0 Å². The van der Waals surface area contributed by atoms with Crippen molar-refractivity contribution in [2.45, 2.75) is 46.6 Å². The van der Waals surface area contributed by atoms with Gasteiger partial charge >= 0.3 is 0 Å². The molecule has 0 aliphatic heterocycles. The fraction of sp³-hybridized carbons (Fsp3) is 0.769. The minimum atomic E-state index is -0.183. The molecule has 0 amide bonds. The van der Waals surface area contributed by atoms with E-state index in [9.17, 15) is 9.90 Å². The predicted molar refractivity (Wildman–Crippen MR) is 61.5 cm³/mol. The fourth-order valence-electron chi connectivity index (χ4n) is 2.86. The second kappa shape index (κ2) is 4.48. The predicted octanol–water partition coefficient (Wildman–Crippen LogP) is 2.56. The molecule has 0 radical (unpaired) electrons. The third-order valence-electron chi connectivity index (χ3n) is 3.46. The van der Waals surface area contributed by atoms with E-state index in [4.69, 9.17) is 0 Å². The first-order valence-corrected chi connectivity index (χ1v) is 5.70. The molecule has 0 spiro atoms. The summed E-state index contributed by atoms with van der Waals surface area (Å²) in [5.74, 6) is 0.938. The van der Waals surface area contributed by atoms with Crippen molar-refractivity contribution in [2.24, 2.45) is 17.3 Å². The largest absolute Gasteiger partial charge is 0.393 e. The lowest BCUT2D eigenvalue weighted by Gasteiger charge is -2.43. The van der Waals surface area contributed by atoms with Gasteiger partial charge < -0.3 is 5.11 Å². The molecule has 0 heterocycles. The molecule has 2 heteroatoms. The molecule has 1 rings (SSSR count). The van der Waals surface area contributed by atoms with Crippen LogP contribution < -0.4 is 0 Å². The molecule has 0 bridgehead atoms. The first-order valence-electron chi connectivity index (χ1n) is 5.70. The van der Waals surface area contributed by atoms with E-state index >= 15 is 0 Å². The highest BCUT2D eigenvalue weighted by atomic mass is 16.3. The monoisotopic (exact) mass is 210 g/mol. The molecular formula is C13H22O2. The van der Waals surface area contributed by atoms with Crippen LogP contribution in [0, 0.1) is 17.3 Å². The summed E-state index contributed by atoms with van der Waals surface area (Å²) >= 11 is 0.